The molecule has 0 aliphatic carbocycles. The predicted octanol–water partition coefficient (Wildman–Crippen LogP) is 11.2. The van der Waals surface area contributed by atoms with Crippen LogP contribution in [0.2, 0.25) is 0 Å². The molecule has 0 heterocycles. The highest BCUT2D eigenvalue weighted by Gasteiger charge is 2.34. The number of hydrogen-bond donors (Lipinski definition) is 0. The molecule has 0 spiro atoms. The maximum atomic E-state index is 8.89. The van der Waals surface area contributed by atoms with Crippen LogP contribution in [-0.2, 0) is 4.79 Å². The Morgan fingerprint density at radius 3 is 0.757 bits per heavy atom. The molecule has 0 aromatic heterocycles. The van der Waals surface area contributed by atoms with Gasteiger partial charge in [-0.25, -0.2) is 0 Å². The molecule has 0 fully saturated rings. The quantitative estimate of drug-likeness (QED) is 0.0728. The zero-order chi connectivity index (χ0) is 27.9. The van der Waals surface area contributed by atoms with Crippen LogP contribution in [-0.4, -0.2) is 30.6 Å². The van der Waals surface area contributed by atoms with Gasteiger partial charge in [0.2, 0.25) is 0 Å². The molecule has 2 nitrogen and oxygen atoms in total. The Labute approximate surface area is 236 Å². The molecule has 0 radical (unpaired) electrons. The standard InChI is InChI=1S/C32H68P.C2H4O2/c1-5-9-13-17-21-25-29-33(30-26-22-18-14-10-6-2,31-27-23-19-15-11-7-3)32-28-24-20-16-12-8-4;1-2(3)4/h5-32H2,1-4H3;1H3,(H,3,4)/q+1;/p-1. The molecular weight excluding hydrogens is 471 g/mol. The van der Waals surface area contributed by atoms with E-state index in [1.165, 1.54) is 128 Å². The van der Waals surface area contributed by atoms with Crippen LogP contribution >= 0.6 is 7.26 Å². The summed E-state index contributed by atoms with van der Waals surface area (Å²) in [5.74, 6) is -1.08. The normalized spacial score (nSPS) is 11.4. The largest absolute Gasteiger partial charge is 0.550 e. The molecule has 37 heavy (non-hydrogen) atoms. The third kappa shape index (κ3) is 32.0. The van der Waals surface area contributed by atoms with Gasteiger partial charge in [-0.15, -0.1) is 0 Å². The number of carboxylic acids is 1. The van der Waals surface area contributed by atoms with Gasteiger partial charge in [0, 0.05) is 13.2 Å². The van der Waals surface area contributed by atoms with E-state index in [2.05, 4.69) is 27.7 Å². The highest BCUT2D eigenvalue weighted by Crippen LogP contribution is 2.61. The molecule has 0 atom stereocenters. The third-order valence-electron chi connectivity index (χ3n) is 7.94. The molecule has 0 bridgehead atoms. The molecule has 224 valence electrons. The van der Waals surface area contributed by atoms with Gasteiger partial charge in [0.25, 0.3) is 0 Å². The molecule has 0 saturated carbocycles. The third-order valence-corrected chi connectivity index (χ3v) is 13.0. The second kappa shape index (κ2) is 32.1. The summed E-state index contributed by atoms with van der Waals surface area (Å²) in [6.45, 7) is 10.4. The fourth-order valence-electron chi connectivity index (χ4n) is 5.58. The first-order chi connectivity index (χ1) is 18.0. The molecule has 0 aromatic carbocycles. The van der Waals surface area contributed by atoms with Crippen molar-refractivity contribution in [3.8, 4) is 0 Å². The fourth-order valence-corrected chi connectivity index (χ4v) is 10.5. The maximum Gasteiger partial charge on any atom is 0.0594 e. The molecule has 0 aliphatic heterocycles. The fraction of sp³-hybridized carbons (Fsp3) is 0.971. The van der Waals surface area contributed by atoms with Crippen LogP contribution in [0.5, 0.6) is 0 Å². The van der Waals surface area contributed by atoms with E-state index in [0.29, 0.717) is 0 Å². The summed E-state index contributed by atoms with van der Waals surface area (Å²) in [5.41, 5.74) is 0. The Hall–Kier alpha value is -0.100. The van der Waals surface area contributed by atoms with Gasteiger partial charge in [-0.1, -0.05) is 130 Å². The number of carbonyl (C=O) groups excluding carboxylic acids is 1. The Bertz CT molecular complexity index is 364. The highest BCUT2D eigenvalue weighted by molar-refractivity contribution is 7.75. The zero-order valence-electron chi connectivity index (χ0n) is 26.6. The van der Waals surface area contributed by atoms with Crippen molar-refractivity contribution < 1.29 is 9.90 Å². The van der Waals surface area contributed by atoms with Gasteiger partial charge in [-0.3, -0.25) is 0 Å². The molecule has 3 heteroatoms. The summed E-state index contributed by atoms with van der Waals surface area (Å²) < 4.78 is 0. The number of aliphatic carboxylic acids is 1. The second-order valence-electron chi connectivity index (χ2n) is 11.8. The number of rotatable bonds is 28. The van der Waals surface area contributed by atoms with E-state index < -0.39 is 13.2 Å². The van der Waals surface area contributed by atoms with E-state index in [-0.39, 0.29) is 0 Å². The molecule has 0 aromatic rings. The van der Waals surface area contributed by atoms with Crippen molar-refractivity contribution in [1.82, 2.24) is 0 Å². The van der Waals surface area contributed by atoms with Gasteiger partial charge < -0.3 is 9.90 Å². The second-order valence-corrected chi connectivity index (χ2v) is 16.3. The van der Waals surface area contributed by atoms with Crippen molar-refractivity contribution in [1.29, 1.82) is 0 Å². The van der Waals surface area contributed by atoms with Crippen molar-refractivity contribution in [3.63, 3.8) is 0 Å². The van der Waals surface area contributed by atoms with Crippen LogP contribution in [0.4, 0.5) is 0 Å². The molecular formula is C34H71O2P. The van der Waals surface area contributed by atoms with E-state index in [1.807, 2.05) is 0 Å². The van der Waals surface area contributed by atoms with Crippen LogP contribution in [0.3, 0.4) is 0 Å². The lowest BCUT2D eigenvalue weighted by Gasteiger charge is -2.28. The summed E-state index contributed by atoms with van der Waals surface area (Å²) in [4.78, 5) is 8.89. The van der Waals surface area contributed by atoms with Gasteiger partial charge in [-0.05, 0) is 58.3 Å². The molecule has 0 unspecified atom stereocenters. The van der Waals surface area contributed by atoms with Crippen LogP contribution < -0.4 is 5.11 Å². The van der Waals surface area contributed by atoms with Crippen LogP contribution in [0, 0.1) is 0 Å². The minimum atomic E-state index is -1.08. The van der Waals surface area contributed by atoms with Crippen molar-refractivity contribution >= 4 is 13.2 Å². The maximum absolute atomic E-state index is 8.89. The van der Waals surface area contributed by atoms with Crippen molar-refractivity contribution in [2.75, 3.05) is 24.6 Å². The molecule has 0 aliphatic rings. The van der Waals surface area contributed by atoms with E-state index in [1.54, 1.807) is 50.3 Å². The SMILES string of the molecule is CC(=O)[O-].CCCCCCCC[P+](CCCCCCCC)(CCCCCCCC)CCCCCCCC. The van der Waals surface area contributed by atoms with Gasteiger partial charge >= 0.3 is 0 Å². The first-order valence-corrected chi connectivity index (χ1v) is 19.5. The first-order valence-electron chi connectivity index (χ1n) is 17.0. The first kappa shape index (κ1) is 39.0. The summed E-state index contributed by atoms with van der Waals surface area (Å²) in [6.07, 6.45) is 42.1. The number of unbranched alkanes of at least 4 members (excludes halogenated alkanes) is 20. The lowest BCUT2D eigenvalue weighted by molar-refractivity contribution is -0.302. The van der Waals surface area contributed by atoms with E-state index in [9.17, 15) is 0 Å². The monoisotopic (exact) mass is 543 g/mol. The van der Waals surface area contributed by atoms with E-state index >= 15 is 0 Å². The smallest absolute Gasteiger partial charge is 0.0594 e. The van der Waals surface area contributed by atoms with Crippen molar-refractivity contribution in [3.05, 3.63) is 0 Å². The number of hydrogen-bond acceptors (Lipinski definition) is 2. The van der Waals surface area contributed by atoms with Crippen LogP contribution in [0.25, 0.3) is 0 Å². The molecule has 0 amide bonds. The Morgan fingerprint density at radius 1 is 0.405 bits per heavy atom. The average molecular weight is 543 g/mol. The number of carboxylic acid groups (broad SMARTS) is 1. The summed E-state index contributed by atoms with van der Waals surface area (Å²) in [7, 11) is -0.718. The average Bonchev–Trinajstić information content (AvgIpc) is 2.87. The lowest BCUT2D eigenvalue weighted by Crippen LogP contribution is -2.16. The molecule has 0 saturated heterocycles. The summed E-state index contributed by atoms with van der Waals surface area (Å²) in [6, 6.07) is 0. The lowest BCUT2D eigenvalue weighted by atomic mass is 10.1. The summed E-state index contributed by atoms with van der Waals surface area (Å²) >= 11 is 0. The molecule has 0 N–H and O–H groups in total. The van der Waals surface area contributed by atoms with Gasteiger partial charge in [0.15, 0.2) is 0 Å². The minimum absolute atomic E-state index is 0.718. The Balaban J connectivity index is 0. The van der Waals surface area contributed by atoms with Gasteiger partial charge in [0.05, 0.1) is 24.6 Å². The predicted molar refractivity (Wildman–Crippen MR) is 171 cm³/mol. The van der Waals surface area contributed by atoms with E-state index in [0.717, 1.165) is 6.92 Å². The van der Waals surface area contributed by atoms with Crippen LogP contribution in [0.1, 0.15) is 189 Å². The topological polar surface area (TPSA) is 40.1 Å². The Morgan fingerprint density at radius 2 is 0.568 bits per heavy atom. The minimum Gasteiger partial charge on any atom is -0.550 e. The van der Waals surface area contributed by atoms with Crippen LogP contribution in [0.15, 0.2) is 0 Å². The highest BCUT2D eigenvalue weighted by atomic mass is 31.2. The van der Waals surface area contributed by atoms with E-state index in [4.69, 9.17) is 9.90 Å². The van der Waals surface area contributed by atoms with Crippen molar-refractivity contribution in [2.45, 2.75) is 189 Å². The summed E-state index contributed by atoms with van der Waals surface area (Å²) in [5, 5.41) is 8.89. The zero-order valence-corrected chi connectivity index (χ0v) is 27.5. The Kier molecular flexibility index (Phi) is 33.9. The van der Waals surface area contributed by atoms with Gasteiger partial charge in [0.1, 0.15) is 0 Å². The van der Waals surface area contributed by atoms with Gasteiger partial charge in [-0.2, -0.15) is 0 Å². The van der Waals surface area contributed by atoms with Crippen molar-refractivity contribution in [2.24, 2.45) is 0 Å². The molecule has 0 rings (SSSR count). The number of carbonyl (C=O) groups is 1.